The quantitative estimate of drug-likeness (QED) is 0.376. The average Bonchev–Trinajstić information content (AvgIpc) is 3.15. The molecule has 3 N–H and O–H groups in total. The molecule has 1 aromatic heterocycles. The molecule has 2 aliphatic heterocycles. The number of halogens is 1. The maximum Gasteiger partial charge on any atom is 1.00 e. The first-order valence-electron chi connectivity index (χ1n) is 8.86. The van der Waals surface area contributed by atoms with Crippen molar-refractivity contribution in [2.24, 2.45) is 0 Å². The molecule has 0 radical (unpaired) electrons. The van der Waals surface area contributed by atoms with Gasteiger partial charge in [-0.2, -0.15) is 0 Å². The zero-order valence-corrected chi connectivity index (χ0v) is 20.8. The molecule has 2 unspecified atom stereocenters. The van der Waals surface area contributed by atoms with Crippen molar-refractivity contribution >= 4 is 41.1 Å². The number of carbonyl (C=O) groups is 3. The van der Waals surface area contributed by atoms with Crippen LogP contribution in [0.5, 0.6) is 0 Å². The molecule has 2 aromatic rings. The van der Waals surface area contributed by atoms with Crippen molar-refractivity contribution in [2.75, 3.05) is 0 Å². The number of aliphatic carboxylic acids is 1. The number of benzene rings is 1. The number of thioether (sulfide) groups is 1. The van der Waals surface area contributed by atoms with Crippen LogP contribution in [0.15, 0.2) is 28.8 Å². The van der Waals surface area contributed by atoms with Gasteiger partial charge in [0, 0.05) is 10.3 Å². The molecule has 3 atom stereocenters. The van der Waals surface area contributed by atoms with Crippen molar-refractivity contribution in [3.63, 3.8) is 0 Å². The molecule has 2 aliphatic rings. The van der Waals surface area contributed by atoms with Crippen molar-refractivity contribution in [1.29, 1.82) is 0 Å². The van der Waals surface area contributed by atoms with Gasteiger partial charge in [0.15, 0.2) is 0 Å². The van der Waals surface area contributed by atoms with Gasteiger partial charge in [-0.15, -0.1) is 11.8 Å². The third kappa shape index (κ3) is 4.12. The fourth-order valence-corrected chi connectivity index (χ4v) is 5.66. The molecule has 4 rings (SSSR count). The van der Waals surface area contributed by atoms with Crippen LogP contribution in [0.1, 0.15) is 30.0 Å². The van der Waals surface area contributed by atoms with E-state index in [0.29, 0.717) is 10.6 Å². The summed E-state index contributed by atoms with van der Waals surface area (Å²) in [6.07, 6.45) is 0. The van der Waals surface area contributed by atoms with Crippen molar-refractivity contribution < 1.29 is 59.0 Å². The molecule has 2 fully saturated rings. The number of carbonyl (C=O) groups excluding carboxylic acids is 3. The van der Waals surface area contributed by atoms with Gasteiger partial charge in [-0.25, -0.2) is 0 Å². The number of aromatic nitrogens is 1. The summed E-state index contributed by atoms with van der Waals surface area (Å²) < 4.78 is 4.47. The molecule has 3 heterocycles. The minimum Gasteiger partial charge on any atom is -0.548 e. The molecule has 160 valence electrons. The maximum atomic E-state index is 13.0. The van der Waals surface area contributed by atoms with Crippen LogP contribution in [0, 0.1) is 6.92 Å². The van der Waals surface area contributed by atoms with E-state index in [4.69, 9.17) is 16.1 Å². The summed E-state index contributed by atoms with van der Waals surface area (Å²) in [5.41, 5.74) is 0.996. The second-order valence-corrected chi connectivity index (χ2v) is 9.65. The topological polar surface area (TPSA) is 147 Å². The zero-order chi connectivity index (χ0) is 21.1. The molecule has 0 aliphatic carbocycles. The van der Waals surface area contributed by atoms with Gasteiger partial charge in [-0.05, 0) is 26.8 Å². The van der Waals surface area contributed by atoms with Gasteiger partial charge >= 0.3 is 29.6 Å². The van der Waals surface area contributed by atoms with Crippen molar-refractivity contribution in [3.8, 4) is 11.3 Å². The Hall–Kier alpha value is -1.56. The van der Waals surface area contributed by atoms with Crippen LogP contribution in [-0.4, -0.2) is 55.5 Å². The van der Waals surface area contributed by atoms with Crippen LogP contribution >= 0.6 is 23.4 Å². The van der Waals surface area contributed by atoms with E-state index in [1.165, 1.54) is 16.7 Å². The van der Waals surface area contributed by atoms with Crippen molar-refractivity contribution in [3.05, 3.63) is 40.6 Å². The zero-order valence-electron chi connectivity index (χ0n) is 17.3. The Labute approximate surface area is 209 Å². The van der Waals surface area contributed by atoms with Crippen LogP contribution in [0.3, 0.4) is 0 Å². The monoisotopic (exact) mass is 475 g/mol. The number of aryl methyl sites for hydroxylation is 1. The number of β-lactam (4-membered cyclic amide) rings is 1. The predicted molar refractivity (Wildman–Crippen MR) is 108 cm³/mol. The largest absolute Gasteiger partial charge is 1.00 e. The van der Waals surface area contributed by atoms with Crippen LogP contribution in [0.25, 0.3) is 11.3 Å². The Morgan fingerprint density at radius 1 is 1.32 bits per heavy atom. The van der Waals surface area contributed by atoms with Gasteiger partial charge in [0.1, 0.15) is 28.4 Å². The minimum atomic E-state index is -1.31. The van der Waals surface area contributed by atoms with E-state index in [-0.39, 0.29) is 52.1 Å². The average molecular weight is 476 g/mol. The van der Waals surface area contributed by atoms with E-state index in [1.807, 2.05) is 0 Å². The number of hydrogen-bond acceptors (Lipinski definition) is 7. The Morgan fingerprint density at radius 3 is 2.58 bits per heavy atom. The Kier molecular flexibility index (Phi) is 7.57. The van der Waals surface area contributed by atoms with Crippen molar-refractivity contribution in [2.45, 2.75) is 43.0 Å². The Morgan fingerprint density at radius 2 is 1.97 bits per heavy atom. The summed E-state index contributed by atoms with van der Waals surface area (Å²) in [6.45, 7) is 5.07. The van der Waals surface area contributed by atoms with Gasteiger partial charge in [-0.1, -0.05) is 35.0 Å². The summed E-state index contributed by atoms with van der Waals surface area (Å²) in [5, 5.41) is 18.1. The number of carboxylic acids is 1. The van der Waals surface area contributed by atoms with Crippen LogP contribution in [0.4, 0.5) is 0 Å². The normalized spacial score (nSPS) is 23.2. The molecule has 2 saturated heterocycles. The fraction of sp³-hybridized carbons (Fsp3) is 0.368. The number of hydrogen-bond donors (Lipinski definition) is 1. The summed E-state index contributed by atoms with van der Waals surface area (Å²) in [4.78, 5) is 38.3. The van der Waals surface area contributed by atoms with E-state index < -0.39 is 40.0 Å². The minimum absolute atomic E-state index is 0. The molecule has 12 heteroatoms. The molecular weight excluding hydrogens is 457 g/mol. The summed E-state index contributed by atoms with van der Waals surface area (Å²) in [6, 6.07) is 5.02. The SMILES string of the molecule is Cc1onc(-c2ccccc2Cl)c1C(=O)NC1C(=O)N2C(C(=O)[O-])C(C)(C)S[C@@H]12.O.[Na+]. The molecule has 31 heavy (non-hydrogen) atoms. The smallest absolute Gasteiger partial charge is 0.548 e. The number of nitrogens with zero attached hydrogens (tertiary/aromatic N) is 2. The van der Waals surface area contributed by atoms with Gasteiger partial charge in [0.05, 0.1) is 17.0 Å². The first kappa shape index (κ1) is 25.7. The molecule has 0 spiro atoms. The molecule has 0 saturated carbocycles. The number of fused-ring (bicyclic) bond motifs is 1. The molecule has 0 bridgehead atoms. The maximum absolute atomic E-state index is 13.0. The number of amides is 2. The number of carboxylic acid groups (broad SMARTS) is 1. The second kappa shape index (κ2) is 9.13. The van der Waals surface area contributed by atoms with E-state index in [1.54, 1.807) is 45.0 Å². The predicted octanol–water partition coefficient (Wildman–Crippen LogP) is -2.61. The van der Waals surface area contributed by atoms with Crippen LogP contribution < -0.4 is 40.0 Å². The van der Waals surface area contributed by atoms with E-state index in [2.05, 4.69) is 10.5 Å². The van der Waals surface area contributed by atoms with Crippen molar-refractivity contribution in [1.82, 2.24) is 15.4 Å². The van der Waals surface area contributed by atoms with Crippen LogP contribution in [0.2, 0.25) is 5.02 Å². The summed E-state index contributed by atoms with van der Waals surface area (Å²) in [7, 11) is 0. The van der Waals surface area contributed by atoms with Crippen LogP contribution in [-0.2, 0) is 9.59 Å². The fourth-order valence-electron chi connectivity index (χ4n) is 3.82. The number of rotatable bonds is 4. The second-order valence-electron chi connectivity index (χ2n) is 7.47. The van der Waals surface area contributed by atoms with E-state index in [9.17, 15) is 19.5 Å². The van der Waals surface area contributed by atoms with E-state index in [0.717, 1.165) is 0 Å². The number of nitrogens with one attached hydrogen (secondary N) is 1. The van der Waals surface area contributed by atoms with Gasteiger partial charge in [0.2, 0.25) is 5.91 Å². The first-order valence-corrected chi connectivity index (χ1v) is 10.1. The van der Waals surface area contributed by atoms with Gasteiger partial charge < -0.3 is 30.1 Å². The van der Waals surface area contributed by atoms with Gasteiger partial charge in [-0.3, -0.25) is 9.59 Å². The van der Waals surface area contributed by atoms with Gasteiger partial charge in [0.25, 0.3) is 5.91 Å². The molecular formula is C19H19ClN3NaO6S. The molecule has 9 nitrogen and oxygen atoms in total. The Balaban J connectivity index is 0.00000171. The third-order valence-electron chi connectivity index (χ3n) is 5.17. The van der Waals surface area contributed by atoms with E-state index >= 15 is 0 Å². The summed E-state index contributed by atoms with van der Waals surface area (Å²) in [5.74, 6) is -2.01. The standard InChI is InChI=1S/C19H18ClN3O5S.Na.H2O/c1-8-11(12(22-28-8)9-6-4-5-7-10(9)20)15(24)21-13-16(25)23-14(18(26)27)19(2,3)29-17(13)23;;/h4-7,13-14,17H,1-3H3,(H,21,24)(H,26,27);;1H2/q;+1;/p-1/t13?,14?,17-;;/m0../s1. The summed E-state index contributed by atoms with van der Waals surface area (Å²) >= 11 is 7.54. The third-order valence-corrected chi connectivity index (χ3v) is 7.07. The molecule has 1 aromatic carbocycles. The molecule has 2 amide bonds. The first-order chi connectivity index (χ1) is 13.6. The Bertz CT molecular complexity index is 1050.